The fourth-order valence-electron chi connectivity index (χ4n) is 1.38. The first-order chi connectivity index (χ1) is 8.54. The maximum absolute atomic E-state index is 11.8. The average Bonchev–Trinajstić information content (AvgIpc) is 2.38. The van der Waals surface area contributed by atoms with E-state index in [4.69, 9.17) is 15.2 Å². The predicted octanol–water partition coefficient (Wildman–Crippen LogP) is 1.03. The van der Waals surface area contributed by atoms with Crippen LogP contribution >= 0.6 is 0 Å². The summed E-state index contributed by atoms with van der Waals surface area (Å²) < 4.78 is 14.7. The van der Waals surface area contributed by atoms with Gasteiger partial charge in [0, 0.05) is 5.56 Å². The van der Waals surface area contributed by atoms with Crippen molar-refractivity contribution in [2.75, 3.05) is 26.6 Å². The number of Topliss-reactive ketones (excluding diaryl/α,β-unsaturated/α-hetero) is 1. The number of carbonyl (C=O) groups excluding carboxylic acids is 2. The molecule has 0 aromatic heterocycles. The third kappa shape index (κ3) is 2.71. The maximum atomic E-state index is 11.8. The van der Waals surface area contributed by atoms with Crippen molar-refractivity contribution >= 4 is 17.4 Å². The number of methoxy groups -OCH3 is 2. The molecule has 1 aromatic rings. The minimum atomic E-state index is -0.925. The van der Waals surface area contributed by atoms with Crippen LogP contribution in [-0.4, -0.2) is 32.6 Å². The number of ether oxygens (including phenoxy) is 3. The summed E-state index contributed by atoms with van der Waals surface area (Å²) in [5, 5.41) is 0. The third-order valence-electron chi connectivity index (χ3n) is 2.27. The Hall–Kier alpha value is -2.24. The highest BCUT2D eigenvalue weighted by atomic mass is 16.5. The molecule has 1 rings (SSSR count). The van der Waals surface area contributed by atoms with Crippen molar-refractivity contribution in [1.29, 1.82) is 0 Å². The van der Waals surface area contributed by atoms with Crippen molar-refractivity contribution in [2.45, 2.75) is 6.92 Å². The van der Waals surface area contributed by atoms with E-state index in [2.05, 4.69) is 4.74 Å². The summed E-state index contributed by atoms with van der Waals surface area (Å²) in [5.74, 6) is -1.16. The second kappa shape index (κ2) is 5.90. The summed E-state index contributed by atoms with van der Waals surface area (Å²) in [6.45, 7) is 1.75. The fraction of sp³-hybridized carbons (Fsp3) is 0.333. The normalized spacial score (nSPS) is 9.72. The number of nitrogen functional groups attached to an aromatic ring is 1. The molecule has 98 valence electrons. The van der Waals surface area contributed by atoms with E-state index in [1.54, 1.807) is 6.92 Å². The van der Waals surface area contributed by atoms with Crippen LogP contribution in [-0.2, 0) is 9.53 Å². The van der Waals surface area contributed by atoms with Crippen molar-refractivity contribution < 1.29 is 23.8 Å². The van der Waals surface area contributed by atoms with Crippen LogP contribution in [0.15, 0.2) is 12.1 Å². The standard InChI is InChI=1S/C12H15NO5/c1-4-18-12(15)11(14)7-5-8(16-2)10(13)9(6-7)17-3/h5-6H,4,13H2,1-3H3. The van der Waals surface area contributed by atoms with Crippen molar-refractivity contribution in [3.63, 3.8) is 0 Å². The van der Waals surface area contributed by atoms with Gasteiger partial charge in [-0.2, -0.15) is 0 Å². The molecule has 0 atom stereocenters. The van der Waals surface area contributed by atoms with Gasteiger partial charge in [-0.25, -0.2) is 4.79 Å². The molecule has 0 fully saturated rings. The third-order valence-corrected chi connectivity index (χ3v) is 2.27. The van der Waals surface area contributed by atoms with Gasteiger partial charge in [0.25, 0.3) is 5.78 Å². The molecular formula is C12H15NO5. The zero-order chi connectivity index (χ0) is 13.7. The molecular weight excluding hydrogens is 238 g/mol. The Morgan fingerprint density at radius 3 is 2.06 bits per heavy atom. The summed E-state index contributed by atoms with van der Waals surface area (Å²) in [7, 11) is 2.81. The summed E-state index contributed by atoms with van der Waals surface area (Å²) in [5.41, 5.74) is 6.10. The van der Waals surface area contributed by atoms with Crippen molar-refractivity contribution in [1.82, 2.24) is 0 Å². The predicted molar refractivity (Wildman–Crippen MR) is 64.9 cm³/mol. The van der Waals surface area contributed by atoms with Gasteiger partial charge in [-0.05, 0) is 19.1 Å². The van der Waals surface area contributed by atoms with Crippen LogP contribution in [0.2, 0.25) is 0 Å². The van der Waals surface area contributed by atoms with E-state index in [9.17, 15) is 9.59 Å². The summed E-state index contributed by atoms with van der Waals surface area (Å²) >= 11 is 0. The Balaban J connectivity index is 3.17. The Bertz CT molecular complexity index is 445. The van der Waals surface area contributed by atoms with Gasteiger partial charge in [-0.15, -0.1) is 0 Å². The summed E-state index contributed by atoms with van der Waals surface area (Å²) in [6.07, 6.45) is 0. The first kappa shape index (κ1) is 13.8. The molecule has 0 unspecified atom stereocenters. The molecule has 2 N–H and O–H groups in total. The van der Waals surface area contributed by atoms with Gasteiger partial charge in [-0.1, -0.05) is 0 Å². The highest BCUT2D eigenvalue weighted by Gasteiger charge is 2.21. The van der Waals surface area contributed by atoms with Gasteiger partial charge in [-0.3, -0.25) is 4.79 Å². The van der Waals surface area contributed by atoms with Crippen LogP contribution in [0.25, 0.3) is 0 Å². The smallest absolute Gasteiger partial charge is 0.379 e. The van der Waals surface area contributed by atoms with Crippen LogP contribution in [0, 0.1) is 0 Å². The number of esters is 1. The van der Waals surface area contributed by atoms with Gasteiger partial charge in [0.1, 0.15) is 17.2 Å². The quantitative estimate of drug-likeness (QED) is 0.365. The Morgan fingerprint density at radius 1 is 1.17 bits per heavy atom. The number of carbonyl (C=O) groups is 2. The molecule has 0 spiro atoms. The van der Waals surface area contributed by atoms with E-state index in [1.807, 2.05) is 0 Å². The van der Waals surface area contributed by atoms with E-state index in [1.165, 1.54) is 26.4 Å². The van der Waals surface area contributed by atoms with Gasteiger partial charge in [0.2, 0.25) is 0 Å². The van der Waals surface area contributed by atoms with Crippen LogP contribution < -0.4 is 15.2 Å². The molecule has 0 heterocycles. The van der Waals surface area contributed by atoms with Gasteiger partial charge in [0.05, 0.1) is 20.8 Å². The fourth-order valence-corrected chi connectivity index (χ4v) is 1.38. The SMILES string of the molecule is CCOC(=O)C(=O)c1cc(OC)c(N)c(OC)c1. The summed E-state index contributed by atoms with van der Waals surface area (Å²) in [4.78, 5) is 23.1. The van der Waals surface area contributed by atoms with E-state index in [0.717, 1.165) is 0 Å². The number of anilines is 1. The first-order valence-electron chi connectivity index (χ1n) is 5.28. The molecule has 0 aliphatic carbocycles. The summed E-state index contributed by atoms with van der Waals surface area (Å²) in [6, 6.07) is 2.74. The Morgan fingerprint density at radius 2 is 1.67 bits per heavy atom. The van der Waals surface area contributed by atoms with Gasteiger partial charge < -0.3 is 19.9 Å². The molecule has 0 aliphatic heterocycles. The number of hydrogen-bond donors (Lipinski definition) is 1. The lowest BCUT2D eigenvalue weighted by molar-refractivity contribution is -0.137. The zero-order valence-corrected chi connectivity index (χ0v) is 10.5. The monoisotopic (exact) mass is 253 g/mol. The maximum Gasteiger partial charge on any atom is 0.379 e. The molecule has 18 heavy (non-hydrogen) atoms. The number of rotatable bonds is 5. The second-order valence-corrected chi connectivity index (χ2v) is 3.34. The molecule has 6 nitrogen and oxygen atoms in total. The van der Waals surface area contributed by atoms with Crippen LogP contribution in [0.3, 0.4) is 0 Å². The zero-order valence-electron chi connectivity index (χ0n) is 10.5. The molecule has 0 amide bonds. The van der Waals surface area contributed by atoms with Gasteiger partial charge in [0.15, 0.2) is 0 Å². The number of benzene rings is 1. The van der Waals surface area contributed by atoms with Crippen LogP contribution in [0.4, 0.5) is 5.69 Å². The minimum Gasteiger partial charge on any atom is -0.494 e. The highest BCUT2D eigenvalue weighted by molar-refractivity contribution is 6.40. The molecule has 6 heteroatoms. The highest BCUT2D eigenvalue weighted by Crippen LogP contribution is 2.33. The number of hydrogen-bond acceptors (Lipinski definition) is 6. The lowest BCUT2D eigenvalue weighted by Gasteiger charge is -2.11. The lowest BCUT2D eigenvalue weighted by Crippen LogP contribution is -2.17. The average molecular weight is 253 g/mol. The van der Waals surface area contributed by atoms with Crippen molar-refractivity contribution in [2.24, 2.45) is 0 Å². The Kier molecular flexibility index (Phi) is 4.53. The van der Waals surface area contributed by atoms with Crippen molar-refractivity contribution in [3.8, 4) is 11.5 Å². The van der Waals surface area contributed by atoms with E-state index in [0.29, 0.717) is 0 Å². The first-order valence-corrected chi connectivity index (χ1v) is 5.28. The van der Waals surface area contributed by atoms with Crippen LogP contribution in [0.1, 0.15) is 17.3 Å². The van der Waals surface area contributed by atoms with E-state index in [-0.39, 0.29) is 29.4 Å². The molecule has 0 saturated carbocycles. The lowest BCUT2D eigenvalue weighted by atomic mass is 10.1. The molecule has 0 bridgehead atoms. The second-order valence-electron chi connectivity index (χ2n) is 3.34. The number of nitrogens with two attached hydrogens (primary N) is 1. The minimum absolute atomic E-state index is 0.108. The van der Waals surface area contributed by atoms with Gasteiger partial charge >= 0.3 is 5.97 Å². The molecule has 0 radical (unpaired) electrons. The van der Waals surface area contributed by atoms with E-state index >= 15 is 0 Å². The largest absolute Gasteiger partial charge is 0.494 e. The molecule has 0 aliphatic rings. The van der Waals surface area contributed by atoms with Crippen molar-refractivity contribution in [3.05, 3.63) is 17.7 Å². The van der Waals surface area contributed by atoms with Crippen LogP contribution in [0.5, 0.6) is 11.5 Å². The topological polar surface area (TPSA) is 87.9 Å². The van der Waals surface area contributed by atoms with E-state index < -0.39 is 11.8 Å². The molecule has 0 saturated heterocycles. The molecule has 1 aromatic carbocycles. The number of ketones is 1. The Labute approximate surface area is 105 Å².